The number of aromatic amines is 1. The van der Waals surface area contributed by atoms with E-state index in [1.807, 2.05) is 69.3 Å². The highest BCUT2D eigenvalue weighted by molar-refractivity contribution is 7.99. The summed E-state index contributed by atoms with van der Waals surface area (Å²) in [5, 5.41) is 0.657. The number of rotatable bonds is 2. The standard InChI is InChI=1S/C18H18N2OS/c1-18(2,3)17-19-13-10-7-11-14(15(13)16(21)20-17)22-12-8-5-4-6-9-12/h4-11H,1-3H3,(H,19,20,21). The van der Waals surface area contributed by atoms with Crippen LogP contribution in [0.5, 0.6) is 0 Å². The Kier molecular flexibility index (Phi) is 3.79. The van der Waals surface area contributed by atoms with E-state index in [4.69, 9.17) is 0 Å². The molecular weight excluding hydrogens is 292 g/mol. The first-order valence-electron chi connectivity index (χ1n) is 7.21. The second-order valence-electron chi connectivity index (χ2n) is 6.23. The zero-order valence-corrected chi connectivity index (χ0v) is 13.7. The number of benzene rings is 2. The zero-order chi connectivity index (χ0) is 15.7. The van der Waals surface area contributed by atoms with Crippen molar-refractivity contribution in [1.29, 1.82) is 0 Å². The first-order valence-corrected chi connectivity index (χ1v) is 8.03. The van der Waals surface area contributed by atoms with Crippen LogP contribution in [0.25, 0.3) is 10.9 Å². The number of H-pyrrole nitrogens is 1. The summed E-state index contributed by atoms with van der Waals surface area (Å²) in [5.41, 5.74) is 0.485. The third-order valence-corrected chi connectivity index (χ3v) is 4.44. The first kappa shape index (κ1) is 14.9. The molecule has 0 saturated carbocycles. The Morgan fingerprint density at radius 1 is 1.00 bits per heavy atom. The number of hydrogen-bond donors (Lipinski definition) is 1. The molecule has 22 heavy (non-hydrogen) atoms. The fraction of sp³-hybridized carbons (Fsp3) is 0.222. The van der Waals surface area contributed by atoms with Gasteiger partial charge in [-0.1, -0.05) is 56.8 Å². The van der Waals surface area contributed by atoms with Gasteiger partial charge in [0.2, 0.25) is 0 Å². The van der Waals surface area contributed by atoms with Crippen LogP contribution >= 0.6 is 11.8 Å². The van der Waals surface area contributed by atoms with E-state index in [-0.39, 0.29) is 11.0 Å². The van der Waals surface area contributed by atoms with Gasteiger partial charge in [-0.05, 0) is 24.3 Å². The highest BCUT2D eigenvalue weighted by Gasteiger charge is 2.19. The Bertz CT molecular complexity index is 864. The van der Waals surface area contributed by atoms with Gasteiger partial charge >= 0.3 is 0 Å². The summed E-state index contributed by atoms with van der Waals surface area (Å²) in [6.07, 6.45) is 0. The number of fused-ring (bicyclic) bond motifs is 1. The normalized spacial score (nSPS) is 11.8. The maximum Gasteiger partial charge on any atom is 0.259 e. The fourth-order valence-corrected chi connectivity index (χ4v) is 3.21. The van der Waals surface area contributed by atoms with Gasteiger partial charge in [0.15, 0.2) is 0 Å². The van der Waals surface area contributed by atoms with Gasteiger partial charge in [-0.3, -0.25) is 4.79 Å². The summed E-state index contributed by atoms with van der Waals surface area (Å²) in [5.74, 6) is 0.715. The largest absolute Gasteiger partial charge is 0.310 e. The maximum atomic E-state index is 12.5. The fourth-order valence-electron chi connectivity index (χ4n) is 2.22. The molecule has 3 rings (SSSR count). The molecule has 2 aromatic carbocycles. The topological polar surface area (TPSA) is 45.8 Å². The SMILES string of the molecule is CC(C)(C)c1nc2cccc(Sc3ccccc3)c2c(=O)[nH]1. The Balaban J connectivity index is 2.15. The molecule has 0 saturated heterocycles. The summed E-state index contributed by atoms with van der Waals surface area (Å²) < 4.78 is 0. The van der Waals surface area contributed by atoms with Gasteiger partial charge in [-0.2, -0.15) is 0 Å². The van der Waals surface area contributed by atoms with Gasteiger partial charge in [0.05, 0.1) is 10.9 Å². The Hall–Kier alpha value is -2.07. The quantitative estimate of drug-likeness (QED) is 0.764. The minimum Gasteiger partial charge on any atom is -0.310 e. The molecule has 1 N–H and O–H groups in total. The molecule has 0 amide bonds. The molecule has 4 heteroatoms. The van der Waals surface area contributed by atoms with E-state index in [0.29, 0.717) is 11.2 Å². The van der Waals surface area contributed by atoms with Crippen LogP contribution in [-0.2, 0) is 5.41 Å². The van der Waals surface area contributed by atoms with Gasteiger partial charge in [-0.15, -0.1) is 0 Å². The van der Waals surface area contributed by atoms with Crippen molar-refractivity contribution in [3.63, 3.8) is 0 Å². The van der Waals surface area contributed by atoms with Crippen molar-refractivity contribution in [1.82, 2.24) is 9.97 Å². The first-order chi connectivity index (χ1) is 10.4. The summed E-state index contributed by atoms with van der Waals surface area (Å²) in [4.78, 5) is 22.2. The lowest BCUT2D eigenvalue weighted by molar-refractivity contribution is 0.546. The third kappa shape index (κ3) is 2.92. The van der Waals surface area contributed by atoms with Gasteiger partial charge in [0, 0.05) is 15.2 Å². The van der Waals surface area contributed by atoms with Crippen LogP contribution in [0.2, 0.25) is 0 Å². The molecule has 0 bridgehead atoms. The molecule has 3 aromatic rings. The molecular formula is C18H18N2OS. The molecule has 0 unspecified atom stereocenters. The molecule has 0 aliphatic carbocycles. The summed E-state index contributed by atoms with van der Waals surface area (Å²) >= 11 is 1.58. The Morgan fingerprint density at radius 2 is 1.73 bits per heavy atom. The predicted molar refractivity (Wildman–Crippen MR) is 91.6 cm³/mol. The average molecular weight is 310 g/mol. The monoisotopic (exact) mass is 310 g/mol. The maximum absolute atomic E-state index is 12.5. The molecule has 112 valence electrons. The van der Waals surface area contributed by atoms with Crippen LogP contribution in [-0.4, -0.2) is 9.97 Å². The Morgan fingerprint density at radius 3 is 2.41 bits per heavy atom. The van der Waals surface area contributed by atoms with E-state index in [0.717, 1.165) is 15.3 Å². The van der Waals surface area contributed by atoms with Crippen LogP contribution < -0.4 is 5.56 Å². The lowest BCUT2D eigenvalue weighted by Gasteiger charge is -2.17. The third-order valence-electron chi connectivity index (χ3n) is 3.38. The predicted octanol–water partition coefficient (Wildman–Crippen LogP) is 4.37. The summed E-state index contributed by atoms with van der Waals surface area (Å²) in [6, 6.07) is 15.9. The highest BCUT2D eigenvalue weighted by Crippen LogP contribution is 2.31. The molecule has 3 nitrogen and oxygen atoms in total. The van der Waals surface area contributed by atoms with Crippen molar-refractivity contribution in [2.75, 3.05) is 0 Å². The minimum atomic E-state index is -0.185. The molecule has 0 fully saturated rings. The van der Waals surface area contributed by atoms with Crippen LogP contribution in [0.1, 0.15) is 26.6 Å². The van der Waals surface area contributed by atoms with Crippen molar-refractivity contribution in [3.8, 4) is 0 Å². The number of nitrogens with one attached hydrogen (secondary N) is 1. The average Bonchev–Trinajstić information content (AvgIpc) is 2.47. The Labute approximate surface area is 133 Å². The van der Waals surface area contributed by atoms with Crippen molar-refractivity contribution < 1.29 is 0 Å². The molecule has 1 aromatic heterocycles. The van der Waals surface area contributed by atoms with E-state index in [2.05, 4.69) is 9.97 Å². The minimum absolute atomic E-state index is 0.0750. The van der Waals surface area contributed by atoms with Crippen LogP contribution in [0.4, 0.5) is 0 Å². The highest BCUT2D eigenvalue weighted by atomic mass is 32.2. The molecule has 0 radical (unpaired) electrons. The van der Waals surface area contributed by atoms with Crippen LogP contribution in [0.3, 0.4) is 0 Å². The van der Waals surface area contributed by atoms with E-state index in [9.17, 15) is 4.79 Å². The van der Waals surface area contributed by atoms with E-state index >= 15 is 0 Å². The molecule has 0 spiro atoms. The summed E-state index contributed by atoms with van der Waals surface area (Å²) in [7, 11) is 0. The van der Waals surface area contributed by atoms with Gasteiger partial charge in [0.25, 0.3) is 5.56 Å². The van der Waals surface area contributed by atoms with Crippen molar-refractivity contribution in [2.45, 2.75) is 36.0 Å². The second kappa shape index (κ2) is 5.61. The molecule has 0 atom stereocenters. The van der Waals surface area contributed by atoms with Crippen LogP contribution in [0.15, 0.2) is 63.1 Å². The van der Waals surface area contributed by atoms with Gasteiger partial charge < -0.3 is 4.98 Å². The smallest absolute Gasteiger partial charge is 0.259 e. The molecule has 0 aliphatic rings. The zero-order valence-electron chi connectivity index (χ0n) is 12.9. The van der Waals surface area contributed by atoms with E-state index in [1.54, 1.807) is 11.8 Å². The van der Waals surface area contributed by atoms with Crippen molar-refractivity contribution in [3.05, 3.63) is 64.7 Å². The second-order valence-corrected chi connectivity index (χ2v) is 7.35. The number of nitrogens with zero attached hydrogens (tertiary/aromatic N) is 1. The van der Waals surface area contributed by atoms with E-state index in [1.165, 1.54) is 0 Å². The van der Waals surface area contributed by atoms with Crippen molar-refractivity contribution >= 4 is 22.7 Å². The van der Waals surface area contributed by atoms with Crippen molar-refractivity contribution in [2.24, 2.45) is 0 Å². The molecule has 1 heterocycles. The van der Waals surface area contributed by atoms with Gasteiger partial charge in [-0.25, -0.2) is 4.98 Å². The lowest BCUT2D eigenvalue weighted by Crippen LogP contribution is -2.22. The van der Waals surface area contributed by atoms with Gasteiger partial charge in [0.1, 0.15) is 5.82 Å². The lowest BCUT2D eigenvalue weighted by atomic mass is 9.95. The summed E-state index contributed by atoms with van der Waals surface area (Å²) in [6.45, 7) is 6.12. The van der Waals surface area contributed by atoms with Crippen LogP contribution in [0, 0.1) is 0 Å². The molecule has 0 aliphatic heterocycles. The number of hydrogen-bond acceptors (Lipinski definition) is 3. The van der Waals surface area contributed by atoms with E-state index < -0.39 is 0 Å². The number of aromatic nitrogens is 2.